The summed E-state index contributed by atoms with van der Waals surface area (Å²) in [6.07, 6.45) is -4.80. The number of amides is 2. The molecule has 0 radical (unpaired) electrons. The molecule has 8 nitrogen and oxygen atoms in total. The van der Waals surface area contributed by atoms with Crippen LogP contribution in [0.4, 0.5) is 36.3 Å². The number of aromatic amines is 1. The van der Waals surface area contributed by atoms with Crippen LogP contribution in [0.2, 0.25) is 0 Å². The molecule has 0 saturated carbocycles. The molecule has 2 amide bonds. The van der Waals surface area contributed by atoms with Crippen molar-refractivity contribution in [3.05, 3.63) is 75.6 Å². The highest BCUT2D eigenvalue weighted by Crippen LogP contribution is 2.32. The second-order valence-corrected chi connectivity index (χ2v) is 7.54. The molecule has 0 bridgehead atoms. The number of fused-ring (bicyclic) bond motifs is 1. The first-order valence-corrected chi connectivity index (χ1v) is 9.86. The fraction of sp³-hybridized carbons (Fsp3) is 0.182. The number of benzene rings is 2. The third kappa shape index (κ3) is 4.86. The second-order valence-electron chi connectivity index (χ2n) is 7.54. The van der Waals surface area contributed by atoms with Crippen LogP contribution >= 0.6 is 0 Å². The summed E-state index contributed by atoms with van der Waals surface area (Å²) in [5, 5.41) is 7.72. The predicted molar refractivity (Wildman–Crippen MR) is 115 cm³/mol. The molecule has 0 fully saturated rings. The quantitative estimate of drug-likeness (QED) is 0.474. The third-order valence-electron chi connectivity index (χ3n) is 5.04. The van der Waals surface area contributed by atoms with Gasteiger partial charge in [0.25, 0.3) is 5.56 Å². The minimum absolute atomic E-state index is 0.0312. The van der Waals surface area contributed by atoms with E-state index in [2.05, 4.69) is 25.9 Å². The van der Waals surface area contributed by atoms with Gasteiger partial charge in [0.2, 0.25) is 17.8 Å². The Balaban J connectivity index is 1.62. The van der Waals surface area contributed by atoms with E-state index in [1.807, 2.05) is 6.92 Å². The van der Waals surface area contributed by atoms with E-state index in [-0.39, 0.29) is 29.4 Å². The van der Waals surface area contributed by atoms with E-state index >= 15 is 0 Å². The van der Waals surface area contributed by atoms with E-state index in [9.17, 15) is 27.6 Å². The summed E-state index contributed by atoms with van der Waals surface area (Å²) in [7, 11) is 0. The van der Waals surface area contributed by atoms with Gasteiger partial charge in [-0.25, -0.2) is 0 Å². The van der Waals surface area contributed by atoms with Crippen LogP contribution in [0.1, 0.15) is 29.0 Å². The Hall–Kier alpha value is -4.15. The van der Waals surface area contributed by atoms with E-state index in [0.717, 1.165) is 17.7 Å². The monoisotopic (exact) mass is 457 g/mol. The molecule has 1 aromatic heterocycles. The van der Waals surface area contributed by atoms with Crippen LogP contribution in [0.25, 0.3) is 0 Å². The molecule has 1 aliphatic heterocycles. The van der Waals surface area contributed by atoms with Crippen molar-refractivity contribution in [1.82, 2.24) is 9.97 Å². The molecule has 2 heterocycles. The average Bonchev–Trinajstić information content (AvgIpc) is 2.74. The zero-order valence-electron chi connectivity index (χ0n) is 17.2. The number of hydrogen-bond acceptors (Lipinski definition) is 5. The van der Waals surface area contributed by atoms with Crippen molar-refractivity contribution in [2.75, 3.05) is 16.0 Å². The summed E-state index contributed by atoms with van der Waals surface area (Å²) in [6, 6.07) is 11.3. The molecule has 0 spiro atoms. The van der Waals surface area contributed by atoms with Crippen molar-refractivity contribution in [3.63, 3.8) is 0 Å². The summed E-state index contributed by atoms with van der Waals surface area (Å²) in [5.41, 5.74) is -0.0767. The van der Waals surface area contributed by atoms with Crippen molar-refractivity contribution in [2.24, 2.45) is 0 Å². The standard InChI is InChI=1S/C22H18F3N5O3/c1-11-5-7-13(8-6-11)26-19(32)15-10-16(31)28-18-17(15)20(33)30-21(29-18)27-14-4-2-3-12(9-14)22(23,24)25/h2-9,15H,10H2,1H3,(H,26,32)(H3,27,28,29,30,31,33)/t15-/m1/s1. The molecule has 4 N–H and O–H groups in total. The molecule has 170 valence electrons. The summed E-state index contributed by atoms with van der Waals surface area (Å²) in [6.45, 7) is 1.89. The highest BCUT2D eigenvalue weighted by Gasteiger charge is 2.35. The van der Waals surface area contributed by atoms with E-state index in [4.69, 9.17) is 0 Å². The predicted octanol–water partition coefficient (Wildman–Crippen LogP) is 3.91. The van der Waals surface area contributed by atoms with E-state index in [1.165, 1.54) is 12.1 Å². The minimum Gasteiger partial charge on any atom is -0.326 e. The number of aromatic nitrogens is 2. The topological polar surface area (TPSA) is 116 Å². The van der Waals surface area contributed by atoms with Gasteiger partial charge in [-0.3, -0.25) is 19.4 Å². The first-order valence-electron chi connectivity index (χ1n) is 9.86. The number of anilines is 4. The number of halogens is 3. The van der Waals surface area contributed by atoms with Crippen LogP contribution < -0.4 is 21.5 Å². The zero-order chi connectivity index (χ0) is 23.8. The minimum atomic E-state index is -4.54. The summed E-state index contributed by atoms with van der Waals surface area (Å²) < 4.78 is 38.8. The number of carbonyl (C=O) groups is 2. The van der Waals surface area contributed by atoms with E-state index in [0.29, 0.717) is 5.69 Å². The summed E-state index contributed by atoms with van der Waals surface area (Å²) in [5.74, 6) is -2.48. The maximum absolute atomic E-state index is 12.9. The van der Waals surface area contributed by atoms with Gasteiger partial charge in [-0.15, -0.1) is 0 Å². The Bertz CT molecular complexity index is 1290. The second kappa shape index (κ2) is 8.41. The molecule has 0 aliphatic carbocycles. The lowest BCUT2D eigenvalue weighted by molar-refractivity contribution is -0.137. The number of aryl methyl sites for hydroxylation is 1. The Kier molecular flexibility index (Phi) is 5.62. The van der Waals surface area contributed by atoms with Gasteiger partial charge >= 0.3 is 6.18 Å². The lowest BCUT2D eigenvalue weighted by Gasteiger charge is -2.23. The summed E-state index contributed by atoms with van der Waals surface area (Å²) in [4.78, 5) is 44.3. The highest BCUT2D eigenvalue weighted by molar-refractivity contribution is 6.04. The van der Waals surface area contributed by atoms with Gasteiger partial charge in [0.1, 0.15) is 5.82 Å². The normalized spacial score (nSPS) is 15.4. The Morgan fingerprint density at radius 3 is 2.52 bits per heavy atom. The lowest BCUT2D eigenvalue weighted by Crippen LogP contribution is -2.36. The maximum atomic E-state index is 12.9. The van der Waals surface area contributed by atoms with Crippen molar-refractivity contribution in [1.29, 1.82) is 0 Å². The number of hydrogen-bond donors (Lipinski definition) is 4. The molecule has 11 heteroatoms. The van der Waals surface area contributed by atoms with Crippen LogP contribution in [0, 0.1) is 6.92 Å². The van der Waals surface area contributed by atoms with Crippen LogP contribution in [-0.2, 0) is 15.8 Å². The van der Waals surface area contributed by atoms with Crippen molar-refractivity contribution < 1.29 is 22.8 Å². The first kappa shape index (κ1) is 22.1. The largest absolute Gasteiger partial charge is 0.416 e. The van der Waals surface area contributed by atoms with Gasteiger partial charge in [-0.2, -0.15) is 18.2 Å². The van der Waals surface area contributed by atoms with Crippen molar-refractivity contribution >= 4 is 35.0 Å². The fourth-order valence-corrected chi connectivity index (χ4v) is 3.43. The third-order valence-corrected chi connectivity index (χ3v) is 5.04. The van der Waals surface area contributed by atoms with Gasteiger partial charge in [0.05, 0.1) is 17.0 Å². The van der Waals surface area contributed by atoms with E-state index < -0.39 is 35.0 Å². The lowest BCUT2D eigenvalue weighted by atomic mass is 9.92. The number of H-pyrrole nitrogens is 1. The number of carbonyl (C=O) groups excluding carboxylic acids is 2. The zero-order valence-corrected chi connectivity index (χ0v) is 17.2. The van der Waals surface area contributed by atoms with Crippen molar-refractivity contribution in [2.45, 2.75) is 25.4 Å². The molecule has 1 atom stereocenters. The molecule has 0 saturated heterocycles. The Morgan fingerprint density at radius 1 is 1.09 bits per heavy atom. The average molecular weight is 457 g/mol. The molecule has 2 aromatic carbocycles. The molecule has 0 unspecified atom stereocenters. The Morgan fingerprint density at radius 2 is 1.82 bits per heavy atom. The molecule has 33 heavy (non-hydrogen) atoms. The number of rotatable bonds is 4. The smallest absolute Gasteiger partial charge is 0.326 e. The molecular formula is C22H18F3N5O3. The van der Waals surface area contributed by atoms with Crippen LogP contribution in [0.3, 0.4) is 0 Å². The number of nitrogens with zero attached hydrogens (tertiary/aromatic N) is 1. The molecule has 1 aliphatic rings. The van der Waals surface area contributed by atoms with Gasteiger partial charge in [-0.1, -0.05) is 23.8 Å². The maximum Gasteiger partial charge on any atom is 0.416 e. The van der Waals surface area contributed by atoms with Gasteiger partial charge in [0.15, 0.2) is 0 Å². The first-order chi connectivity index (χ1) is 15.6. The molecular weight excluding hydrogens is 439 g/mol. The number of alkyl halides is 3. The van der Waals surface area contributed by atoms with Crippen molar-refractivity contribution in [3.8, 4) is 0 Å². The fourth-order valence-electron chi connectivity index (χ4n) is 3.43. The number of nitrogens with one attached hydrogen (secondary N) is 4. The van der Waals surface area contributed by atoms with Gasteiger partial charge in [0, 0.05) is 17.8 Å². The SMILES string of the molecule is Cc1ccc(NC(=O)[C@@H]2CC(=O)Nc3nc(Nc4cccc(C(F)(F)F)c4)[nH]c(=O)c32)cc1. The molecule has 4 rings (SSSR count). The Labute approximate surface area is 185 Å². The molecule has 3 aromatic rings. The highest BCUT2D eigenvalue weighted by atomic mass is 19.4. The van der Waals surface area contributed by atoms with Gasteiger partial charge in [-0.05, 0) is 37.3 Å². The van der Waals surface area contributed by atoms with Gasteiger partial charge < -0.3 is 16.0 Å². The van der Waals surface area contributed by atoms with Crippen LogP contribution in [0.15, 0.2) is 53.3 Å². The van der Waals surface area contributed by atoms with E-state index in [1.54, 1.807) is 24.3 Å². The van der Waals surface area contributed by atoms with Crippen LogP contribution in [-0.4, -0.2) is 21.8 Å². The van der Waals surface area contributed by atoms with Crippen LogP contribution in [0.5, 0.6) is 0 Å². The summed E-state index contributed by atoms with van der Waals surface area (Å²) >= 11 is 0.